The van der Waals surface area contributed by atoms with E-state index in [-0.39, 0.29) is 5.54 Å². The maximum absolute atomic E-state index is 4.63. The molecule has 1 aliphatic heterocycles. The second-order valence-corrected chi connectivity index (χ2v) is 5.40. The summed E-state index contributed by atoms with van der Waals surface area (Å²) in [5, 5.41) is 4.72. The van der Waals surface area contributed by atoms with Gasteiger partial charge in [-0.2, -0.15) is 0 Å². The van der Waals surface area contributed by atoms with E-state index in [0.29, 0.717) is 6.04 Å². The summed E-state index contributed by atoms with van der Waals surface area (Å²) in [6.07, 6.45) is 3.51. The first kappa shape index (κ1) is 11.9. The van der Waals surface area contributed by atoms with Crippen molar-refractivity contribution in [2.75, 3.05) is 5.75 Å². The lowest BCUT2D eigenvalue weighted by molar-refractivity contribution is 0.390. The summed E-state index contributed by atoms with van der Waals surface area (Å²) in [5.74, 6) is 1.20. The van der Waals surface area contributed by atoms with E-state index in [9.17, 15) is 0 Å². The van der Waals surface area contributed by atoms with Crippen molar-refractivity contribution in [1.29, 1.82) is 0 Å². The molecular weight excluding hydrogens is 192 g/mol. The van der Waals surface area contributed by atoms with Gasteiger partial charge >= 0.3 is 0 Å². The van der Waals surface area contributed by atoms with Gasteiger partial charge in [-0.3, -0.25) is 4.99 Å². The van der Waals surface area contributed by atoms with Crippen molar-refractivity contribution in [3.05, 3.63) is 0 Å². The van der Waals surface area contributed by atoms with Crippen LogP contribution < -0.4 is 5.32 Å². The predicted octanol–water partition coefficient (Wildman–Crippen LogP) is 3.04. The molecule has 0 spiro atoms. The van der Waals surface area contributed by atoms with Crippen LogP contribution in [-0.2, 0) is 0 Å². The molecule has 82 valence electrons. The molecule has 0 aromatic rings. The maximum Gasteiger partial charge on any atom is 0.157 e. The monoisotopic (exact) mass is 214 g/mol. The fraction of sp³-hybridized carbons (Fsp3) is 0.909. The van der Waals surface area contributed by atoms with Crippen LogP contribution in [0.5, 0.6) is 0 Å². The topological polar surface area (TPSA) is 24.4 Å². The zero-order valence-electron chi connectivity index (χ0n) is 9.76. The first-order valence-corrected chi connectivity index (χ1v) is 6.57. The van der Waals surface area contributed by atoms with E-state index in [1.54, 1.807) is 0 Å². The highest BCUT2D eigenvalue weighted by atomic mass is 32.2. The molecule has 0 aromatic carbocycles. The minimum Gasteiger partial charge on any atom is -0.360 e. The Hall–Kier alpha value is -0.180. The lowest BCUT2D eigenvalue weighted by Gasteiger charge is -2.31. The number of amidine groups is 1. The third kappa shape index (κ3) is 3.19. The molecule has 1 unspecified atom stereocenters. The van der Waals surface area contributed by atoms with Gasteiger partial charge in [0.1, 0.15) is 0 Å². The normalized spacial score (nSPS) is 23.1. The van der Waals surface area contributed by atoms with Crippen LogP contribution in [-0.4, -0.2) is 22.5 Å². The molecule has 1 rings (SSSR count). The van der Waals surface area contributed by atoms with Gasteiger partial charge in [-0.05, 0) is 33.1 Å². The number of rotatable bonds is 3. The van der Waals surface area contributed by atoms with Crippen LogP contribution in [0.2, 0.25) is 0 Å². The molecule has 0 bridgehead atoms. The third-order valence-electron chi connectivity index (χ3n) is 3.08. The van der Waals surface area contributed by atoms with Crippen LogP contribution in [0.4, 0.5) is 0 Å². The molecule has 0 amide bonds. The zero-order valence-corrected chi connectivity index (χ0v) is 10.6. The van der Waals surface area contributed by atoms with Gasteiger partial charge in [0.15, 0.2) is 5.17 Å². The first-order chi connectivity index (χ1) is 6.59. The average Bonchev–Trinajstić information content (AvgIpc) is 2.18. The molecule has 14 heavy (non-hydrogen) atoms. The smallest absolute Gasteiger partial charge is 0.157 e. The Morgan fingerprint density at radius 2 is 2.14 bits per heavy atom. The van der Waals surface area contributed by atoms with Crippen molar-refractivity contribution in [2.24, 2.45) is 4.99 Å². The highest BCUT2D eigenvalue weighted by molar-refractivity contribution is 8.13. The molecule has 0 saturated carbocycles. The van der Waals surface area contributed by atoms with E-state index in [2.05, 4.69) is 38.0 Å². The van der Waals surface area contributed by atoms with Gasteiger partial charge in [-0.15, -0.1) is 0 Å². The Morgan fingerprint density at radius 1 is 1.50 bits per heavy atom. The second kappa shape index (κ2) is 5.06. The largest absolute Gasteiger partial charge is 0.360 e. The summed E-state index contributed by atoms with van der Waals surface area (Å²) in [6, 6.07) is 0.497. The summed E-state index contributed by atoms with van der Waals surface area (Å²) in [4.78, 5) is 4.63. The Bertz CT molecular complexity index is 209. The number of aliphatic imine (C=N–C) groups is 1. The van der Waals surface area contributed by atoms with Crippen LogP contribution in [0.1, 0.15) is 47.0 Å². The van der Waals surface area contributed by atoms with E-state index in [0.717, 1.165) is 18.0 Å². The van der Waals surface area contributed by atoms with E-state index in [1.807, 2.05) is 11.8 Å². The average molecular weight is 214 g/mol. The molecule has 0 aromatic heterocycles. The zero-order chi connectivity index (χ0) is 10.6. The Morgan fingerprint density at radius 3 is 2.64 bits per heavy atom. The quantitative estimate of drug-likeness (QED) is 0.781. The van der Waals surface area contributed by atoms with Gasteiger partial charge < -0.3 is 5.32 Å². The van der Waals surface area contributed by atoms with Crippen molar-refractivity contribution < 1.29 is 0 Å². The van der Waals surface area contributed by atoms with E-state index in [1.165, 1.54) is 12.2 Å². The van der Waals surface area contributed by atoms with E-state index in [4.69, 9.17) is 0 Å². The van der Waals surface area contributed by atoms with Crippen LogP contribution in [0, 0.1) is 0 Å². The summed E-state index contributed by atoms with van der Waals surface area (Å²) in [6.45, 7) is 8.92. The standard InChI is InChI=1S/C11H22N2S/c1-5-11(4,6-2)13-10-12-9(3)7-8-14-10/h9H,5-8H2,1-4H3,(H,12,13). The molecule has 1 atom stereocenters. The molecule has 0 fully saturated rings. The van der Waals surface area contributed by atoms with Crippen LogP contribution >= 0.6 is 11.8 Å². The SMILES string of the molecule is CCC(C)(CC)NC1=NC(C)CCS1. The molecule has 1 N–H and O–H groups in total. The van der Waals surface area contributed by atoms with Gasteiger partial charge in [0.25, 0.3) is 0 Å². The lowest BCUT2D eigenvalue weighted by atomic mass is 9.96. The number of thioether (sulfide) groups is 1. The van der Waals surface area contributed by atoms with Gasteiger partial charge in [-0.25, -0.2) is 0 Å². The predicted molar refractivity (Wildman–Crippen MR) is 66.1 cm³/mol. The van der Waals surface area contributed by atoms with Gasteiger partial charge in [0.05, 0.1) is 6.04 Å². The molecule has 1 aliphatic rings. The minimum absolute atomic E-state index is 0.225. The van der Waals surface area contributed by atoms with Crippen molar-refractivity contribution in [3.8, 4) is 0 Å². The summed E-state index contributed by atoms with van der Waals surface area (Å²) < 4.78 is 0. The Labute approximate surface area is 92.0 Å². The molecule has 0 aliphatic carbocycles. The number of hydrogen-bond donors (Lipinski definition) is 1. The lowest BCUT2D eigenvalue weighted by Crippen LogP contribution is -2.45. The minimum atomic E-state index is 0.225. The van der Waals surface area contributed by atoms with Crippen molar-refractivity contribution in [1.82, 2.24) is 5.32 Å². The highest BCUT2D eigenvalue weighted by Crippen LogP contribution is 2.20. The number of hydrogen-bond acceptors (Lipinski definition) is 3. The Kier molecular flexibility index (Phi) is 4.30. The van der Waals surface area contributed by atoms with Crippen molar-refractivity contribution >= 4 is 16.9 Å². The van der Waals surface area contributed by atoms with Crippen LogP contribution in [0.15, 0.2) is 4.99 Å². The van der Waals surface area contributed by atoms with Crippen molar-refractivity contribution in [2.45, 2.75) is 58.5 Å². The van der Waals surface area contributed by atoms with Crippen molar-refractivity contribution in [3.63, 3.8) is 0 Å². The molecule has 0 saturated heterocycles. The molecule has 1 heterocycles. The van der Waals surface area contributed by atoms with Crippen LogP contribution in [0.3, 0.4) is 0 Å². The first-order valence-electron chi connectivity index (χ1n) is 5.58. The highest BCUT2D eigenvalue weighted by Gasteiger charge is 2.22. The van der Waals surface area contributed by atoms with E-state index < -0.39 is 0 Å². The summed E-state index contributed by atoms with van der Waals surface area (Å²) >= 11 is 1.86. The fourth-order valence-electron chi connectivity index (χ4n) is 1.38. The molecule has 3 heteroatoms. The second-order valence-electron chi connectivity index (χ2n) is 4.31. The van der Waals surface area contributed by atoms with Crippen LogP contribution in [0.25, 0.3) is 0 Å². The molecular formula is C11H22N2S. The van der Waals surface area contributed by atoms with Gasteiger partial charge in [0.2, 0.25) is 0 Å². The molecule has 0 radical (unpaired) electrons. The van der Waals surface area contributed by atoms with Gasteiger partial charge in [0, 0.05) is 11.3 Å². The molecule has 2 nitrogen and oxygen atoms in total. The van der Waals surface area contributed by atoms with Gasteiger partial charge in [-0.1, -0.05) is 25.6 Å². The number of nitrogens with zero attached hydrogens (tertiary/aromatic N) is 1. The Balaban J connectivity index is 2.58. The third-order valence-corrected chi connectivity index (χ3v) is 4.00. The fourth-order valence-corrected chi connectivity index (χ4v) is 2.61. The summed E-state index contributed by atoms with van der Waals surface area (Å²) in [7, 11) is 0. The number of nitrogens with one attached hydrogen (secondary N) is 1. The summed E-state index contributed by atoms with van der Waals surface area (Å²) in [5.41, 5.74) is 0.225. The maximum atomic E-state index is 4.63. The van der Waals surface area contributed by atoms with E-state index >= 15 is 0 Å².